The zero-order valence-electron chi connectivity index (χ0n) is 13.7. The lowest BCUT2D eigenvalue weighted by molar-refractivity contribution is -0.154. The summed E-state index contributed by atoms with van der Waals surface area (Å²) in [4.78, 5) is 38.9. The van der Waals surface area contributed by atoms with Crippen molar-refractivity contribution in [3.8, 4) is 0 Å². The van der Waals surface area contributed by atoms with Gasteiger partial charge in [-0.25, -0.2) is 0 Å². The molecule has 6 nitrogen and oxygen atoms in total. The number of imide groups is 1. The number of hydrogen-bond donors (Lipinski definition) is 1. The maximum absolute atomic E-state index is 12.7. The molecule has 0 radical (unpaired) electrons. The van der Waals surface area contributed by atoms with Gasteiger partial charge in [-0.2, -0.15) is 0 Å². The molecule has 0 saturated carbocycles. The lowest BCUT2D eigenvalue weighted by Gasteiger charge is -2.30. The van der Waals surface area contributed by atoms with E-state index in [-0.39, 0.29) is 11.8 Å². The van der Waals surface area contributed by atoms with Crippen LogP contribution in [0.15, 0.2) is 24.3 Å². The number of rotatable bonds is 3. The SMILES string of the molecule is CC[C@]1(C(=O)OC)N[C@H](c2ccc(Cl)cc2)[C@@H]2C(=O)N(C)C(=O)[C@@H]21. The Kier molecular flexibility index (Phi) is 4.13. The van der Waals surface area contributed by atoms with Gasteiger partial charge in [0.1, 0.15) is 5.54 Å². The van der Waals surface area contributed by atoms with E-state index in [9.17, 15) is 14.4 Å². The number of carbonyl (C=O) groups is 3. The summed E-state index contributed by atoms with van der Waals surface area (Å²) in [5, 5.41) is 3.82. The van der Waals surface area contributed by atoms with Crippen LogP contribution in [0.4, 0.5) is 0 Å². The molecule has 128 valence electrons. The van der Waals surface area contributed by atoms with Crippen LogP contribution in [0.3, 0.4) is 0 Å². The summed E-state index contributed by atoms with van der Waals surface area (Å²) >= 11 is 5.94. The molecule has 0 aliphatic carbocycles. The molecule has 2 fully saturated rings. The highest BCUT2D eigenvalue weighted by Gasteiger charge is 2.67. The molecule has 0 bridgehead atoms. The fraction of sp³-hybridized carbons (Fsp3) is 0.471. The first-order valence-electron chi connectivity index (χ1n) is 7.80. The van der Waals surface area contributed by atoms with Crippen molar-refractivity contribution in [3.05, 3.63) is 34.9 Å². The van der Waals surface area contributed by atoms with Crippen molar-refractivity contribution in [1.82, 2.24) is 10.2 Å². The normalized spacial score (nSPS) is 32.2. The highest BCUT2D eigenvalue weighted by atomic mass is 35.5. The molecule has 1 N–H and O–H groups in total. The van der Waals surface area contributed by atoms with Crippen molar-refractivity contribution < 1.29 is 19.1 Å². The van der Waals surface area contributed by atoms with Crippen LogP contribution in [0.1, 0.15) is 24.9 Å². The van der Waals surface area contributed by atoms with Gasteiger partial charge in [0.05, 0.1) is 18.9 Å². The van der Waals surface area contributed by atoms with E-state index in [0.29, 0.717) is 11.4 Å². The highest BCUT2D eigenvalue weighted by molar-refractivity contribution is 6.30. The second-order valence-electron chi connectivity index (χ2n) is 6.23. The van der Waals surface area contributed by atoms with Gasteiger partial charge in [0, 0.05) is 18.1 Å². The maximum atomic E-state index is 12.7. The smallest absolute Gasteiger partial charge is 0.326 e. The van der Waals surface area contributed by atoms with Gasteiger partial charge in [0.15, 0.2) is 0 Å². The van der Waals surface area contributed by atoms with Gasteiger partial charge in [0.2, 0.25) is 11.8 Å². The summed E-state index contributed by atoms with van der Waals surface area (Å²) in [6.07, 6.45) is 0.345. The fourth-order valence-electron chi connectivity index (χ4n) is 3.94. The molecule has 2 amide bonds. The predicted molar refractivity (Wildman–Crippen MR) is 87.1 cm³/mol. The van der Waals surface area contributed by atoms with Crippen molar-refractivity contribution in [2.45, 2.75) is 24.9 Å². The van der Waals surface area contributed by atoms with Gasteiger partial charge in [-0.1, -0.05) is 30.7 Å². The molecule has 0 unspecified atom stereocenters. The van der Waals surface area contributed by atoms with Gasteiger partial charge in [-0.3, -0.25) is 24.6 Å². The molecular formula is C17H19ClN2O4. The van der Waals surface area contributed by atoms with E-state index in [1.54, 1.807) is 31.2 Å². The van der Waals surface area contributed by atoms with E-state index < -0.39 is 29.4 Å². The van der Waals surface area contributed by atoms with E-state index in [4.69, 9.17) is 16.3 Å². The third-order valence-corrected chi connectivity index (χ3v) is 5.46. The van der Waals surface area contributed by atoms with E-state index in [1.165, 1.54) is 14.2 Å². The number of likely N-dealkylation sites (tertiary alicyclic amines) is 1. The van der Waals surface area contributed by atoms with Crippen molar-refractivity contribution in [1.29, 1.82) is 0 Å². The van der Waals surface area contributed by atoms with E-state index >= 15 is 0 Å². The first-order valence-corrected chi connectivity index (χ1v) is 8.18. The number of halogens is 1. The number of ether oxygens (including phenoxy) is 1. The topological polar surface area (TPSA) is 75.7 Å². The largest absolute Gasteiger partial charge is 0.468 e. The molecule has 3 rings (SSSR count). The Morgan fingerprint density at radius 3 is 2.46 bits per heavy atom. The number of nitrogens with zero attached hydrogens (tertiary/aromatic N) is 1. The third kappa shape index (κ3) is 2.17. The van der Waals surface area contributed by atoms with Crippen molar-refractivity contribution in [2.24, 2.45) is 11.8 Å². The molecule has 2 aliphatic heterocycles. The van der Waals surface area contributed by atoms with E-state index in [1.807, 2.05) is 0 Å². The predicted octanol–water partition coefficient (Wildman–Crippen LogP) is 1.54. The average Bonchev–Trinajstić information content (AvgIpc) is 3.05. The molecule has 24 heavy (non-hydrogen) atoms. The number of amides is 2. The molecule has 1 aromatic rings. The van der Waals surface area contributed by atoms with Crippen molar-refractivity contribution in [3.63, 3.8) is 0 Å². The Labute approximate surface area is 145 Å². The quantitative estimate of drug-likeness (QED) is 0.661. The van der Waals surface area contributed by atoms with Gasteiger partial charge < -0.3 is 4.74 Å². The van der Waals surface area contributed by atoms with E-state index in [0.717, 1.165) is 10.5 Å². The second-order valence-corrected chi connectivity index (χ2v) is 6.67. The summed E-state index contributed by atoms with van der Waals surface area (Å²) in [7, 11) is 2.75. The van der Waals surface area contributed by atoms with Gasteiger partial charge >= 0.3 is 5.97 Å². The van der Waals surface area contributed by atoms with Crippen LogP contribution in [0.25, 0.3) is 0 Å². The lowest BCUT2D eigenvalue weighted by Crippen LogP contribution is -2.55. The minimum absolute atomic E-state index is 0.281. The monoisotopic (exact) mass is 350 g/mol. The Bertz CT molecular complexity index is 705. The average molecular weight is 351 g/mol. The Hall–Kier alpha value is -1.92. The summed E-state index contributed by atoms with van der Waals surface area (Å²) in [6, 6.07) is 6.60. The van der Waals surface area contributed by atoms with E-state index in [2.05, 4.69) is 5.32 Å². The minimum Gasteiger partial charge on any atom is -0.468 e. The van der Waals surface area contributed by atoms with Crippen molar-refractivity contribution >= 4 is 29.4 Å². The maximum Gasteiger partial charge on any atom is 0.326 e. The number of benzene rings is 1. The molecule has 2 aliphatic rings. The number of nitrogens with one attached hydrogen (secondary N) is 1. The zero-order valence-corrected chi connectivity index (χ0v) is 14.5. The molecule has 0 spiro atoms. The zero-order chi connectivity index (χ0) is 17.6. The minimum atomic E-state index is -1.21. The second kappa shape index (κ2) is 5.86. The Balaban J connectivity index is 2.12. The molecule has 2 heterocycles. The molecular weight excluding hydrogens is 332 g/mol. The standard InChI is InChI=1S/C17H19ClN2O4/c1-4-17(16(23)24-3)12-11(14(21)20(2)15(12)22)13(19-17)9-5-7-10(18)8-6-9/h5-8,11-13,19H,4H2,1-3H3/t11-,12-,13-,17+/m1/s1. The van der Waals surface area contributed by atoms with Crippen LogP contribution < -0.4 is 5.32 Å². The highest BCUT2D eigenvalue weighted by Crippen LogP contribution is 2.50. The van der Waals surface area contributed by atoms with Gasteiger partial charge in [-0.05, 0) is 24.1 Å². The molecule has 1 aromatic carbocycles. The molecule has 7 heteroatoms. The first-order chi connectivity index (χ1) is 11.4. The Morgan fingerprint density at radius 2 is 1.92 bits per heavy atom. The van der Waals surface area contributed by atoms with Crippen LogP contribution in [-0.4, -0.2) is 42.4 Å². The van der Waals surface area contributed by atoms with Crippen LogP contribution in [0.2, 0.25) is 5.02 Å². The number of methoxy groups -OCH3 is 1. The van der Waals surface area contributed by atoms with Gasteiger partial charge in [-0.15, -0.1) is 0 Å². The summed E-state index contributed by atoms with van der Waals surface area (Å²) < 4.78 is 4.95. The number of esters is 1. The third-order valence-electron chi connectivity index (χ3n) is 5.21. The van der Waals surface area contributed by atoms with Crippen LogP contribution in [0, 0.1) is 11.8 Å². The van der Waals surface area contributed by atoms with Crippen LogP contribution in [-0.2, 0) is 19.1 Å². The fourth-order valence-corrected chi connectivity index (χ4v) is 4.07. The van der Waals surface area contributed by atoms with Gasteiger partial charge in [0.25, 0.3) is 0 Å². The van der Waals surface area contributed by atoms with Crippen LogP contribution >= 0.6 is 11.6 Å². The molecule has 0 aromatic heterocycles. The summed E-state index contributed by atoms with van der Waals surface area (Å²) in [5.41, 5.74) is -0.397. The molecule has 4 atom stereocenters. The Morgan fingerprint density at radius 1 is 1.29 bits per heavy atom. The van der Waals surface area contributed by atoms with Crippen molar-refractivity contribution in [2.75, 3.05) is 14.2 Å². The first kappa shape index (κ1) is 16.9. The lowest BCUT2D eigenvalue weighted by atomic mass is 9.78. The molecule has 2 saturated heterocycles. The van der Waals surface area contributed by atoms with Crippen LogP contribution in [0.5, 0.6) is 0 Å². The summed E-state index contributed by atoms with van der Waals surface area (Å²) in [5.74, 6) is -2.55. The number of fused-ring (bicyclic) bond motifs is 1. The summed E-state index contributed by atoms with van der Waals surface area (Å²) in [6.45, 7) is 1.81. The number of carbonyl (C=O) groups excluding carboxylic acids is 3. The number of hydrogen-bond acceptors (Lipinski definition) is 5.